The van der Waals surface area contributed by atoms with Crippen molar-refractivity contribution >= 4 is 41.1 Å². The maximum atomic E-state index is 11.6. The summed E-state index contributed by atoms with van der Waals surface area (Å²) in [5.41, 5.74) is 0.785. The van der Waals surface area contributed by atoms with E-state index in [1.165, 1.54) is 6.08 Å². The molecule has 0 bridgehead atoms. The molecule has 0 unspecified atom stereocenters. The first-order chi connectivity index (χ1) is 9.90. The highest BCUT2D eigenvalue weighted by atomic mass is 35.5. The third-order valence-corrected chi connectivity index (χ3v) is 3.36. The van der Waals surface area contributed by atoms with E-state index in [0.717, 1.165) is 5.56 Å². The molecule has 0 spiro atoms. The van der Waals surface area contributed by atoms with Gasteiger partial charge in [-0.3, -0.25) is 9.59 Å². The molecule has 1 aromatic rings. The predicted octanol–water partition coefficient (Wildman–Crippen LogP) is 2.90. The van der Waals surface area contributed by atoms with Crippen molar-refractivity contribution in [2.24, 2.45) is 5.92 Å². The minimum absolute atomic E-state index is 0.0319. The summed E-state index contributed by atoms with van der Waals surface area (Å²) in [5.74, 6) is -0.328. The van der Waals surface area contributed by atoms with E-state index in [4.69, 9.17) is 23.2 Å². The van der Waals surface area contributed by atoms with Crippen LogP contribution >= 0.6 is 23.2 Å². The maximum absolute atomic E-state index is 11.6. The predicted molar refractivity (Wildman–Crippen MR) is 86.4 cm³/mol. The highest BCUT2D eigenvalue weighted by molar-refractivity contribution is 6.42. The number of hydrogen-bond acceptors (Lipinski definition) is 2. The Morgan fingerprint density at radius 2 is 1.81 bits per heavy atom. The number of rotatable bonds is 6. The summed E-state index contributed by atoms with van der Waals surface area (Å²) in [6, 6.07) is 5.11. The molecule has 0 fully saturated rings. The zero-order valence-electron chi connectivity index (χ0n) is 12.0. The number of benzene rings is 1. The van der Waals surface area contributed by atoms with Gasteiger partial charge >= 0.3 is 0 Å². The number of carbonyl (C=O) groups is 2. The molecule has 0 aliphatic rings. The molecule has 0 atom stereocenters. The number of halogens is 2. The van der Waals surface area contributed by atoms with E-state index in [9.17, 15) is 9.59 Å². The van der Waals surface area contributed by atoms with Gasteiger partial charge in [-0.2, -0.15) is 0 Å². The van der Waals surface area contributed by atoms with E-state index in [0.29, 0.717) is 23.1 Å². The number of carbonyl (C=O) groups excluding carboxylic acids is 2. The Hall–Kier alpha value is -1.52. The average molecular weight is 329 g/mol. The van der Waals surface area contributed by atoms with Crippen LogP contribution in [-0.2, 0) is 9.59 Å². The van der Waals surface area contributed by atoms with E-state index >= 15 is 0 Å². The molecule has 6 heteroatoms. The third kappa shape index (κ3) is 6.65. The Kier molecular flexibility index (Phi) is 7.26. The van der Waals surface area contributed by atoms with Crippen LogP contribution in [0.2, 0.25) is 10.0 Å². The summed E-state index contributed by atoms with van der Waals surface area (Å²) < 4.78 is 0. The van der Waals surface area contributed by atoms with E-state index < -0.39 is 0 Å². The van der Waals surface area contributed by atoms with Gasteiger partial charge < -0.3 is 10.6 Å². The van der Waals surface area contributed by atoms with Gasteiger partial charge in [-0.1, -0.05) is 43.1 Å². The van der Waals surface area contributed by atoms with Crippen LogP contribution < -0.4 is 10.6 Å². The summed E-state index contributed by atoms with van der Waals surface area (Å²) in [7, 11) is 0. The van der Waals surface area contributed by atoms with E-state index in [2.05, 4.69) is 10.6 Å². The van der Waals surface area contributed by atoms with Crippen molar-refractivity contribution in [1.29, 1.82) is 0 Å². The van der Waals surface area contributed by atoms with Crippen molar-refractivity contribution in [2.75, 3.05) is 13.1 Å². The monoisotopic (exact) mass is 328 g/mol. The van der Waals surface area contributed by atoms with Crippen molar-refractivity contribution < 1.29 is 9.59 Å². The van der Waals surface area contributed by atoms with Gasteiger partial charge in [0.15, 0.2) is 0 Å². The van der Waals surface area contributed by atoms with Crippen LogP contribution in [0, 0.1) is 5.92 Å². The molecule has 0 aliphatic carbocycles. The second-order valence-corrected chi connectivity index (χ2v) is 5.56. The maximum Gasteiger partial charge on any atom is 0.244 e. The van der Waals surface area contributed by atoms with Crippen LogP contribution in [0.15, 0.2) is 24.3 Å². The average Bonchev–Trinajstić information content (AvgIpc) is 2.44. The van der Waals surface area contributed by atoms with Crippen LogP contribution in [0.25, 0.3) is 6.08 Å². The second kappa shape index (κ2) is 8.70. The SMILES string of the molecule is CC(C)C(=O)NCCNC(=O)/C=C/c1ccc(Cl)c(Cl)c1. The van der Waals surface area contributed by atoms with Gasteiger partial charge in [-0.25, -0.2) is 0 Å². The van der Waals surface area contributed by atoms with Gasteiger partial charge in [-0.15, -0.1) is 0 Å². The van der Waals surface area contributed by atoms with Crippen molar-refractivity contribution in [3.63, 3.8) is 0 Å². The summed E-state index contributed by atoms with van der Waals surface area (Å²) in [6.45, 7) is 4.41. The molecule has 2 amide bonds. The lowest BCUT2D eigenvalue weighted by atomic mass is 10.2. The molecule has 1 aromatic carbocycles. The Bertz CT molecular complexity index is 542. The summed E-state index contributed by atoms with van der Waals surface area (Å²) in [6.07, 6.45) is 3.05. The normalized spacial score (nSPS) is 10.9. The van der Waals surface area contributed by atoms with E-state index in [1.54, 1.807) is 24.3 Å². The van der Waals surface area contributed by atoms with Crippen molar-refractivity contribution in [3.8, 4) is 0 Å². The molecule has 0 saturated heterocycles. The molecule has 2 N–H and O–H groups in total. The first-order valence-corrected chi connectivity index (χ1v) is 7.34. The fourth-order valence-corrected chi connectivity index (χ4v) is 1.73. The standard InChI is InChI=1S/C15H18Cl2N2O2/c1-10(2)15(21)19-8-7-18-14(20)6-4-11-3-5-12(16)13(17)9-11/h3-6,9-10H,7-8H2,1-2H3,(H,18,20)(H,19,21)/b6-4+. The summed E-state index contributed by atoms with van der Waals surface area (Å²) in [4.78, 5) is 22.9. The van der Waals surface area contributed by atoms with Crippen LogP contribution in [0.5, 0.6) is 0 Å². The highest BCUT2D eigenvalue weighted by Crippen LogP contribution is 2.22. The topological polar surface area (TPSA) is 58.2 Å². The Morgan fingerprint density at radius 3 is 2.43 bits per heavy atom. The molecular weight excluding hydrogens is 311 g/mol. The number of nitrogens with one attached hydrogen (secondary N) is 2. The first kappa shape index (κ1) is 17.5. The molecule has 0 radical (unpaired) electrons. The molecular formula is C15H18Cl2N2O2. The molecule has 0 saturated carbocycles. The van der Waals surface area contributed by atoms with Gasteiger partial charge in [0.2, 0.25) is 11.8 Å². The first-order valence-electron chi connectivity index (χ1n) is 6.59. The quantitative estimate of drug-likeness (QED) is 0.623. The van der Waals surface area contributed by atoms with Gasteiger partial charge in [0.1, 0.15) is 0 Å². The lowest BCUT2D eigenvalue weighted by molar-refractivity contribution is -0.124. The van der Waals surface area contributed by atoms with Crippen LogP contribution in [-0.4, -0.2) is 24.9 Å². The van der Waals surface area contributed by atoms with Crippen molar-refractivity contribution in [3.05, 3.63) is 39.9 Å². The van der Waals surface area contributed by atoms with Crippen LogP contribution in [0.4, 0.5) is 0 Å². The lowest BCUT2D eigenvalue weighted by Gasteiger charge is -2.07. The largest absolute Gasteiger partial charge is 0.354 e. The Morgan fingerprint density at radius 1 is 1.14 bits per heavy atom. The second-order valence-electron chi connectivity index (χ2n) is 4.74. The minimum Gasteiger partial charge on any atom is -0.354 e. The van der Waals surface area contributed by atoms with Crippen molar-refractivity contribution in [2.45, 2.75) is 13.8 Å². The molecule has 0 aromatic heterocycles. The molecule has 0 aliphatic heterocycles. The molecule has 4 nitrogen and oxygen atoms in total. The summed E-state index contributed by atoms with van der Waals surface area (Å²) in [5, 5.41) is 6.30. The number of hydrogen-bond donors (Lipinski definition) is 2. The smallest absolute Gasteiger partial charge is 0.244 e. The van der Waals surface area contributed by atoms with E-state index in [-0.39, 0.29) is 17.7 Å². The zero-order valence-corrected chi connectivity index (χ0v) is 13.5. The third-order valence-electron chi connectivity index (χ3n) is 2.62. The minimum atomic E-state index is -0.236. The zero-order chi connectivity index (χ0) is 15.8. The Balaban J connectivity index is 2.34. The van der Waals surface area contributed by atoms with Gasteiger partial charge in [-0.05, 0) is 23.8 Å². The van der Waals surface area contributed by atoms with Crippen LogP contribution in [0.3, 0.4) is 0 Å². The fraction of sp³-hybridized carbons (Fsp3) is 0.333. The van der Waals surface area contributed by atoms with Gasteiger partial charge in [0, 0.05) is 25.1 Å². The van der Waals surface area contributed by atoms with Crippen molar-refractivity contribution in [1.82, 2.24) is 10.6 Å². The summed E-state index contributed by atoms with van der Waals surface area (Å²) >= 11 is 11.7. The molecule has 0 heterocycles. The molecule has 1 rings (SSSR count). The highest BCUT2D eigenvalue weighted by Gasteiger charge is 2.05. The van der Waals surface area contributed by atoms with Gasteiger partial charge in [0.05, 0.1) is 10.0 Å². The fourth-order valence-electron chi connectivity index (χ4n) is 1.42. The molecule has 114 valence electrons. The van der Waals surface area contributed by atoms with Crippen LogP contribution in [0.1, 0.15) is 19.4 Å². The van der Waals surface area contributed by atoms with Gasteiger partial charge in [0.25, 0.3) is 0 Å². The molecule has 21 heavy (non-hydrogen) atoms. The number of amides is 2. The van der Waals surface area contributed by atoms with E-state index in [1.807, 2.05) is 13.8 Å². The Labute approximate surface area is 134 Å². The lowest BCUT2D eigenvalue weighted by Crippen LogP contribution is -2.35.